The summed E-state index contributed by atoms with van der Waals surface area (Å²) in [6, 6.07) is 16.5. The van der Waals surface area contributed by atoms with Crippen LogP contribution in [0.25, 0.3) is 0 Å². The van der Waals surface area contributed by atoms with Gasteiger partial charge in [-0.3, -0.25) is 5.41 Å². The third-order valence-electron chi connectivity index (χ3n) is 3.96. The summed E-state index contributed by atoms with van der Waals surface area (Å²) < 4.78 is 0. The van der Waals surface area contributed by atoms with E-state index < -0.39 is 0 Å². The van der Waals surface area contributed by atoms with E-state index in [1.165, 1.54) is 11.1 Å². The molecule has 3 heteroatoms. The summed E-state index contributed by atoms with van der Waals surface area (Å²) in [6.07, 6.45) is 0. The zero-order valence-electron chi connectivity index (χ0n) is 13.9. The highest BCUT2D eigenvalue weighted by molar-refractivity contribution is 6.05. The van der Waals surface area contributed by atoms with E-state index in [1.54, 1.807) is 0 Å². The molecule has 0 spiro atoms. The van der Waals surface area contributed by atoms with Crippen LogP contribution in [0.3, 0.4) is 0 Å². The molecule has 0 aromatic heterocycles. The minimum atomic E-state index is 0.522. The van der Waals surface area contributed by atoms with E-state index in [0.717, 1.165) is 24.5 Å². The molecule has 22 heavy (non-hydrogen) atoms. The quantitative estimate of drug-likeness (QED) is 0.660. The molecular weight excluding hydrogens is 270 g/mol. The van der Waals surface area contributed by atoms with Gasteiger partial charge >= 0.3 is 0 Å². The molecule has 0 saturated carbocycles. The Labute approximate surface area is 133 Å². The van der Waals surface area contributed by atoms with Crippen molar-refractivity contribution in [3.63, 3.8) is 0 Å². The number of benzene rings is 2. The molecule has 0 amide bonds. The summed E-state index contributed by atoms with van der Waals surface area (Å²) in [7, 11) is 0. The Morgan fingerprint density at radius 1 is 0.773 bits per heavy atom. The summed E-state index contributed by atoms with van der Waals surface area (Å²) in [5, 5.41) is 8.72. The molecule has 0 aliphatic rings. The molecule has 0 bridgehead atoms. The summed E-state index contributed by atoms with van der Waals surface area (Å²) in [6.45, 7) is 9.90. The molecule has 116 valence electrons. The van der Waals surface area contributed by atoms with Crippen LogP contribution in [0.1, 0.15) is 25.0 Å². The van der Waals surface area contributed by atoms with Gasteiger partial charge in [-0.25, -0.2) is 0 Å². The van der Waals surface area contributed by atoms with Crippen molar-refractivity contribution < 1.29 is 0 Å². The lowest BCUT2D eigenvalue weighted by atomic mass is 10.1. The highest BCUT2D eigenvalue weighted by atomic mass is 15.4. The van der Waals surface area contributed by atoms with Crippen molar-refractivity contribution in [3.05, 3.63) is 59.7 Å². The van der Waals surface area contributed by atoms with E-state index in [2.05, 4.69) is 61.8 Å². The van der Waals surface area contributed by atoms with E-state index in [-0.39, 0.29) is 0 Å². The van der Waals surface area contributed by atoms with Gasteiger partial charge in [0.1, 0.15) is 0 Å². The number of aryl methyl sites for hydroxylation is 2. The van der Waals surface area contributed by atoms with Crippen LogP contribution in [0.15, 0.2) is 48.5 Å². The SMILES string of the molecule is CCN(C(=N)N(CC)c1ccccc1C)c1ccccc1C. The van der Waals surface area contributed by atoms with E-state index in [4.69, 9.17) is 5.41 Å². The number of para-hydroxylation sites is 2. The Balaban J connectivity index is 2.39. The standard InChI is InChI=1S/C19H25N3/c1-5-21(17-13-9-7-11-15(17)3)19(20)22(6-2)18-14-10-8-12-16(18)4/h7-14,20H,5-6H2,1-4H3. The summed E-state index contributed by atoms with van der Waals surface area (Å²) >= 11 is 0. The van der Waals surface area contributed by atoms with Crippen molar-refractivity contribution in [3.8, 4) is 0 Å². The van der Waals surface area contributed by atoms with Crippen LogP contribution < -0.4 is 9.80 Å². The molecule has 1 N–H and O–H groups in total. The van der Waals surface area contributed by atoms with Gasteiger partial charge in [0.2, 0.25) is 5.96 Å². The fraction of sp³-hybridized carbons (Fsp3) is 0.316. The van der Waals surface area contributed by atoms with Crippen molar-refractivity contribution in [1.82, 2.24) is 0 Å². The second kappa shape index (κ2) is 7.12. The third-order valence-corrected chi connectivity index (χ3v) is 3.96. The van der Waals surface area contributed by atoms with Gasteiger partial charge < -0.3 is 9.80 Å². The van der Waals surface area contributed by atoms with E-state index in [1.807, 2.05) is 24.3 Å². The molecule has 0 heterocycles. The van der Waals surface area contributed by atoms with Crippen LogP contribution in [-0.4, -0.2) is 19.0 Å². The Hall–Kier alpha value is -2.29. The van der Waals surface area contributed by atoms with Crippen LogP contribution in [0.2, 0.25) is 0 Å². The number of nitrogens with zero attached hydrogens (tertiary/aromatic N) is 2. The van der Waals surface area contributed by atoms with Gasteiger partial charge in [0.15, 0.2) is 0 Å². The highest BCUT2D eigenvalue weighted by Gasteiger charge is 2.19. The lowest BCUT2D eigenvalue weighted by Crippen LogP contribution is -2.44. The molecule has 0 atom stereocenters. The van der Waals surface area contributed by atoms with Gasteiger partial charge in [0.25, 0.3) is 0 Å². The maximum absolute atomic E-state index is 8.72. The Bertz CT molecular complexity index is 593. The number of rotatable bonds is 4. The number of guanidine groups is 1. The van der Waals surface area contributed by atoms with E-state index in [0.29, 0.717) is 5.96 Å². The van der Waals surface area contributed by atoms with Crippen molar-refractivity contribution in [2.75, 3.05) is 22.9 Å². The highest BCUT2D eigenvalue weighted by Crippen LogP contribution is 2.24. The molecule has 0 aliphatic heterocycles. The molecule has 2 rings (SSSR count). The Morgan fingerprint density at radius 3 is 1.45 bits per heavy atom. The minimum Gasteiger partial charge on any atom is -0.312 e. The molecule has 3 nitrogen and oxygen atoms in total. The molecule has 0 saturated heterocycles. The zero-order chi connectivity index (χ0) is 16.1. The largest absolute Gasteiger partial charge is 0.312 e. The van der Waals surface area contributed by atoms with Gasteiger partial charge in [-0.15, -0.1) is 0 Å². The molecule has 0 radical (unpaired) electrons. The average molecular weight is 295 g/mol. The normalized spacial score (nSPS) is 10.4. The molecule has 2 aromatic carbocycles. The van der Waals surface area contributed by atoms with Crippen molar-refractivity contribution >= 4 is 17.3 Å². The molecule has 2 aromatic rings. The van der Waals surface area contributed by atoms with Gasteiger partial charge in [-0.2, -0.15) is 0 Å². The van der Waals surface area contributed by atoms with E-state index >= 15 is 0 Å². The average Bonchev–Trinajstić information content (AvgIpc) is 2.52. The summed E-state index contributed by atoms with van der Waals surface area (Å²) in [4.78, 5) is 4.12. The monoisotopic (exact) mass is 295 g/mol. The van der Waals surface area contributed by atoms with Crippen molar-refractivity contribution in [2.45, 2.75) is 27.7 Å². The van der Waals surface area contributed by atoms with Crippen LogP contribution in [0.4, 0.5) is 11.4 Å². The molecule has 0 fully saturated rings. The number of hydrogen-bond donors (Lipinski definition) is 1. The first-order chi connectivity index (χ1) is 10.6. The second-order valence-electron chi connectivity index (χ2n) is 5.39. The summed E-state index contributed by atoms with van der Waals surface area (Å²) in [5.74, 6) is 0.522. The van der Waals surface area contributed by atoms with Gasteiger partial charge in [0.05, 0.1) is 0 Å². The van der Waals surface area contributed by atoms with Crippen LogP contribution >= 0.6 is 0 Å². The van der Waals surface area contributed by atoms with Gasteiger partial charge in [-0.1, -0.05) is 36.4 Å². The maximum Gasteiger partial charge on any atom is 0.202 e. The minimum absolute atomic E-state index is 0.522. The molecular formula is C19H25N3. The van der Waals surface area contributed by atoms with Crippen LogP contribution in [0, 0.1) is 19.3 Å². The number of hydrogen-bond acceptors (Lipinski definition) is 1. The van der Waals surface area contributed by atoms with Crippen molar-refractivity contribution in [2.24, 2.45) is 0 Å². The predicted molar refractivity (Wildman–Crippen MR) is 96.1 cm³/mol. The topological polar surface area (TPSA) is 30.3 Å². The first-order valence-corrected chi connectivity index (χ1v) is 7.85. The lowest BCUT2D eigenvalue weighted by Gasteiger charge is -2.33. The number of nitrogens with one attached hydrogen (secondary N) is 1. The maximum atomic E-state index is 8.72. The second-order valence-corrected chi connectivity index (χ2v) is 5.39. The van der Waals surface area contributed by atoms with Crippen LogP contribution in [-0.2, 0) is 0 Å². The zero-order valence-corrected chi connectivity index (χ0v) is 13.9. The summed E-state index contributed by atoms with van der Waals surface area (Å²) in [5.41, 5.74) is 4.58. The Morgan fingerprint density at radius 2 is 1.14 bits per heavy atom. The third kappa shape index (κ3) is 3.14. The van der Waals surface area contributed by atoms with E-state index in [9.17, 15) is 0 Å². The van der Waals surface area contributed by atoms with Gasteiger partial charge in [-0.05, 0) is 51.0 Å². The molecule has 0 aliphatic carbocycles. The lowest BCUT2D eigenvalue weighted by molar-refractivity contribution is 0.951. The fourth-order valence-corrected chi connectivity index (χ4v) is 2.75. The fourth-order valence-electron chi connectivity index (χ4n) is 2.75. The Kier molecular flexibility index (Phi) is 5.21. The van der Waals surface area contributed by atoms with Gasteiger partial charge in [0, 0.05) is 24.5 Å². The smallest absolute Gasteiger partial charge is 0.202 e. The first kappa shape index (κ1) is 16.1. The van der Waals surface area contributed by atoms with Crippen LogP contribution in [0.5, 0.6) is 0 Å². The van der Waals surface area contributed by atoms with Crippen molar-refractivity contribution in [1.29, 1.82) is 5.41 Å². The predicted octanol–water partition coefficient (Wildman–Crippen LogP) is 4.59. The number of anilines is 2. The molecule has 0 unspecified atom stereocenters. The first-order valence-electron chi connectivity index (χ1n) is 7.85.